The molecule has 0 saturated heterocycles. The molecule has 0 aliphatic rings. The second-order valence-electron chi connectivity index (χ2n) is 4.12. The maximum Gasteiger partial charge on any atom is 0.336 e. The lowest BCUT2D eigenvalue weighted by atomic mass is 10.1. The Hall–Kier alpha value is -2.21. The van der Waals surface area contributed by atoms with Gasteiger partial charge in [-0.25, -0.2) is 4.79 Å². The summed E-state index contributed by atoms with van der Waals surface area (Å²) in [5.74, 6) is 0.285. The molecular weight excluding hydrogens is 246 g/mol. The molecule has 1 aromatic heterocycles. The third-order valence-electron chi connectivity index (χ3n) is 2.65. The van der Waals surface area contributed by atoms with Crippen LogP contribution in [-0.4, -0.2) is 27.8 Å². The van der Waals surface area contributed by atoms with Crippen molar-refractivity contribution in [2.24, 2.45) is 0 Å². The van der Waals surface area contributed by atoms with Gasteiger partial charge in [0.2, 0.25) is 5.89 Å². The van der Waals surface area contributed by atoms with Crippen molar-refractivity contribution in [1.29, 1.82) is 0 Å². The Kier molecular flexibility index (Phi) is 4.25. The van der Waals surface area contributed by atoms with Gasteiger partial charge in [-0.2, -0.15) is 4.98 Å². The van der Waals surface area contributed by atoms with E-state index in [0.29, 0.717) is 36.8 Å². The van der Waals surface area contributed by atoms with Crippen LogP contribution in [0.1, 0.15) is 27.6 Å². The van der Waals surface area contributed by atoms with E-state index in [1.807, 2.05) is 6.07 Å². The maximum absolute atomic E-state index is 11.0. The number of hydrogen-bond donors (Lipinski definition) is 2. The second kappa shape index (κ2) is 6.10. The first kappa shape index (κ1) is 13.2. The number of aromatic nitrogens is 2. The number of carboxylic acids is 1. The SMILES string of the molecule is Cc1noc(CCNCc2ccccc2C(=O)O)n1. The van der Waals surface area contributed by atoms with Crippen LogP contribution >= 0.6 is 0 Å². The monoisotopic (exact) mass is 261 g/mol. The van der Waals surface area contributed by atoms with E-state index >= 15 is 0 Å². The zero-order valence-electron chi connectivity index (χ0n) is 10.6. The third-order valence-corrected chi connectivity index (χ3v) is 2.65. The minimum absolute atomic E-state index is 0.323. The summed E-state index contributed by atoms with van der Waals surface area (Å²) in [6, 6.07) is 6.94. The summed E-state index contributed by atoms with van der Waals surface area (Å²) in [6.07, 6.45) is 0.621. The van der Waals surface area contributed by atoms with Gasteiger partial charge in [0.05, 0.1) is 5.56 Å². The zero-order chi connectivity index (χ0) is 13.7. The van der Waals surface area contributed by atoms with E-state index < -0.39 is 5.97 Å². The van der Waals surface area contributed by atoms with Crippen LogP contribution in [-0.2, 0) is 13.0 Å². The topological polar surface area (TPSA) is 88.2 Å². The van der Waals surface area contributed by atoms with Gasteiger partial charge in [0.15, 0.2) is 5.82 Å². The Bertz CT molecular complexity index is 566. The molecule has 6 heteroatoms. The number of aryl methyl sites for hydroxylation is 1. The van der Waals surface area contributed by atoms with Crippen LogP contribution in [0.3, 0.4) is 0 Å². The lowest BCUT2D eigenvalue weighted by molar-refractivity contribution is 0.0695. The molecule has 2 aromatic rings. The summed E-state index contributed by atoms with van der Waals surface area (Å²) < 4.78 is 4.98. The quantitative estimate of drug-likeness (QED) is 0.764. The number of rotatable bonds is 6. The smallest absolute Gasteiger partial charge is 0.336 e. The summed E-state index contributed by atoms with van der Waals surface area (Å²) in [6.45, 7) is 2.91. The van der Waals surface area contributed by atoms with Crippen molar-refractivity contribution in [3.63, 3.8) is 0 Å². The zero-order valence-corrected chi connectivity index (χ0v) is 10.6. The van der Waals surface area contributed by atoms with Gasteiger partial charge in [-0.05, 0) is 18.6 Å². The highest BCUT2D eigenvalue weighted by Crippen LogP contribution is 2.08. The molecule has 0 aliphatic carbocycles. The summed E-state index contributed by atoms with van der Waals surface area (Å²) >= 11 is 0. The highest BCUT2D eigenvalue weighted by Gasteiger charge is 2.08. The molecule has 0 amide bonds. The first-order chi connectivity index (χ1) is 9.16. The molecule has 0 radical (unpaired) electrons. The van der Waals surface area contributed by atoms with Gasteiger partial charge < -0.3 is 14.9 Å². The first-order valence-electron chi connectivity index (χ1n) is 5.98. The molecule has 2 rings (SSSR count). The van der Waals surface area contributed by atoms with Gasteiger partial charge in [0.1, 0.15) is 0 Å². The normalized spacial score (nSPS) is 10.6. The molecule has 0 spiro atoms. The van der Waals surface area contributed by atoms with Gasteiger partial charge in [-0.1, -0.05) is 23.4 Å². The largest absolute Gasteiger partial charge is 0.478 e. The fourth-order valence-corrected chi connectivity index (χ4v) is 1.74. The lowest BCUT2D eigenvalue weighted by Crippen LogP contribution is -2.18. The number of nitrogens with zero attached hydrogens (tertiary/aromatic N) is 2. The maximum atomic E-state index is 11.0. The average molecular weight is 261 g/mol. The number of carbonyl (C=O) groups is 1. The van der Waals surface area contributed by atoms with E-state index in [2.05, 4.69) is 15.5 Å². The molecule has 0 aliphatic heterocycles. The summed E-state index contributed by atoms with van der Waals surface area (Å²) in [5, 5.41) is 15.9. The number of aromatic carboxylic acids is 1. The highest BCUT2D eigenvalue weighted by atomic mass is 16.5. The van der Waals surface area contributed by atoms with Crippen LogP contribution in [0.4, 0.5) is 0 Å². The predicted molar refractivity (Wildman–Crippen MR) is 67.8 cm³/mol. The van der Waals surface area contributed by atoms with E-state index in [0.717, 1.165) is 5.56 Å². The van der Waals surface area contributed by atoms with Crippen LogP contribution in [0.15, 0.2) is 28.8 Å². The molecular formula is C13H15N3O3. The average Bonchev–Trinajstić information content (AvgIpc) is 2.81. The second-order valence-corrected chi connectivity index (χ2v) is 4.12. The fourth-order valence-electron chi connectivity index (χ4n) is 1.74. The Balaban J connectivity index is 1.84. The van der Waals surface area contributed by atoms with Crippen molar-refractivity contribution in [3.05, 3.63) is 47.1 Å². The van der Waals surface area contributed by atoms with Gasteiger partial charge in [0.25, 0.3) is 0 Å². The van der Waals surface area contributed by atoms with Crippen LogP contribution in [0.2, 0.25) is 0 Å². The fraction of sp³-hybridized carbons (Fsp3) is 0.308. The van der Waals surface area contributed by atoms with Crippen molar-refractivity contribution in [2.45, 2.75) is 19.9 Å². The summed E-state index contributed by atoms with van der Waals surface area (Å²) in [5.41, 5.74) is 1.08. The summed E-state index contributed by atoms with van der Waals surface area (Å²) in [4.78, 5) is 15.1. The standard InChI is InChI=1S/C13H15N3O3/c1-9-15-12(19-16-9)6-7-14-8-10-4-2-3-5-11(10)13(17)18/h2-5,14H,6-8H2,1H3,(H,17,18). The van der Waals surface area contributed by atoms with Gasteiger partial charge >= 0.3 is 5.97 Å². The number of nitrogens with one attached hydrogen (secondary N) is 1. The van der Waals surface area contributed by atoms with Crippen LogP contribution in [0.5, 0.6) is 0 Å². The first-order valence-corrected chi connectivity index (χ1v) is 5.98. The van der Waals surface area contributed by atoms with Crippen molar-refractivity contribution >= 4 is 5.97 Å². The lowest BCUT2D eigenvalue weighted by Gasteiger charge is -2.06. The number of hydrogen-bond acceptors (Lipinski definition) is 5. The Morgan fingerprint density at radius 1 is 1.42 bits per heavy atom. The summed E-state index contributed by atoms with van der Waals surface area (Å²) in [7, 11) is 0. The molecule has 0 fully saturated rings. The molecule has 6 nitrogen and oxygen atoms in total. The van der Waals surface area contributed by atoms with Gasteiger partial charge in [0, 0.05) is 19.5 Å². The molecule has 1 heterocycles. The van der Waals surface area contributed by atoms with E-state index in [1.54, 1.807) is 25.1 Å². The van der Waals surface area contributed by atoms with Crippen molar-refractivity contribution < 1.29 is 14.4 Å². The van der Waals surface area contributed by atoms with Crippen LogP contribution in [0.25, 0.3) is 0 Å². The van der Waals surface area contributed by atoms with Gasteiger partial charge in [-0.15, -0.1) is 0 Å². The minimum atomic E-state index is -0.912. The molecule has 0 saturated carbocycles. The molecule has 1 aromatic carbocycles. The van der Waals surface area contributed by atoms with Crippen molar-refractivity contribution in [2.75, 3.05) is 6.54 Å². The minimum Gasteiger partial charge on any atom is -0.478 e. The molecule has 19 heavy (non-hydrogen) atoms. The Morgan fingerprint density at radius 2 is 2.21 bits per heavy atom. The predicted octanol–water partition coefficient (Wildman–Crippen LogP) is 1.41. The highest BCUT2D eigenvalue weighted by molar-refractivity contribution is 5.89. The molecule has 0 unspecified atom stereocenters. The molecule has 2 N–H and O–H groups in total. The van der Waals surface area contributed by atoms with Crippen LogP contribution < -0.4 is 5.32 Å². The van der Waals surface area contributed by atoms with Gasteiger partial charge in [-0.3, -0.25) is 0 Å². The third kappa shape index (κ3) is 3.62. The van der Waals surface area contributed by atoms with E-state index in [4.69, 9.17) is 9.63 Å². The number of carboxylic acid groups (broad SMARTS) is 1. The molecule has 0 bridgehead atoms. The van der Waals surface area contributed by atoms with E-state index in [-0.39, 0.29) is 0 Å². The van der Waals surface area contributed by atoms with Crippen LogP contribution in [0, 0.1) is 6.92 Å². The number of benzene rings is 1. The Labute approximate surface area is 110 Å². The van der Waals surface area contributed by atoms with Crippen molar-refractivity contribution in [3.8, 4) is 0 Å². The molecule has 100 valence electrons. The van der Waals surface area contributed by atoms with E-state index in [1.165, 1.54) is 0 Å². The van der Waals surface area contributed by atoms with E-state index in [9.17, 15) is 4.79 Å². The Morgan fingerprint density at radius 3 is 2.89 bits per heavy atom. The van der Waals surface area contributed by atoms with Crippen molar-refractivity contribution in [1.82, 2.24) is 15.5 Å². The molecule has 0 atom stereocenters.